The maximum absolute atomic E-state index is 10.5. The fraction of sp³-hybridized carbons (Fsp3) is 1.00. The second-order valence-electron chi connectivity index (χ2n) is 4.64. The van der Waals surface area contributed by atoms with Crippen molar-refractivity contribution in [2.45, 2.75) is 53.6 Å². The van der Waals surface area contributed by atoms with Gasteiger partial charge in [0.05, 0.1) is 5.54 Å². The van der Waals surface area contributed by atoms with Crippen LogP contribution in [0.5, 0.6) is 0 Å². The predicted molar refractivity (Wildman–Crippen MR) is 75.0 cm³/mol. The largest absolute Gasteiger partial charge is 0.429 e. The lowest BCUT2D eigenvalue weighted by Gasteiger charge is -2.10. The molecule has 0 radical (unpaired) electrons. The van der Waals surface area contributed by atoms with Crippen LogP contribution in [-0.4, -0.2) is 24.9 Å². The van der Waals surface area contributed by atoms with Gasteiger partial charge in [-0.2, -0.15) is 0 Å². The monoisotopic (exact) mass is 270 g/mol. The molecule has 0 saturated carbocycles. The zero-order chi connectivity index (χ0) is 12.6. The minimum atomic E-state index is -1.19. The summed E-state index contributed by atoms with van der Waals surface area (Å²) in [5.74, 6) is 0. The van der Waals surface area contributed by atoms with Gasteiger partial charge in [-0.15, -0.1) is 10.2 Å². The van der Waals surface area contributed by atoms with E-state index in [0.717, 1.165) is 0 Å². The van der Waals surface area contributed by atoms with Crippen molar-refractivity contribution in [2.75, 3.05) is 13.3 Å². The van der Waals surface area contributed by atoms with Gasteiger partial charge in [-0.25, -0.2) is 0 Å². The van der Waals surface area contributed by atoms with Crippen LogP contribution < -0.4 is 10.2 Å². The predicted octanol–water partition coefficient (Wildman–Crippen LogP) is 3.74. The average Bonchev–Trinajstić information content (AvgIpc) is 1.76. The Kier molecular flexibility index (Phi) is 13.8. The molecule has 0 aromatic carbocycles. The number of hydrogen-bond donors (Lipinski definition) is 2. The first-order chi connectivity index (χ1) is 6.54. The molecule has 0 fully saturated rings. The minimum Gasteiger partial charge on any atom is -0.107 e. The van der Waals surface area contributed by atoms with Crippen molar-refractivity contribution in [1.82, 2.24) is 10.2 Å². The third-order valence-corrected chi connectivity index (χ3v) is 2.80. The van der Waals surface area contributed by atoms with Gasteiger partial charge in [-0.05, 0) is 34.6 Å². The van der Waals surface area contributed by atoms with Crippen LogP contribution in [0, 0.1) is 0 Å². The molecule has 2 unspecified atom stereocenters. The molecular formula is C10H28N2O2P2+2. The first kappa shape index (κ1) is 21.4. The van der Waals surface area contributed by atoms with Gasteiger partial charge in [0.15, 0.2) is 13.3 Å². The quantitative estimate of drug-likeness (QED) is 0.767. The lowest BCUT2D eigenvalue weighted by atomic mass is 10.1. The van der Waals surface area contributed by atoms with Crippen LogP contribution >= 0.6 is 15.9 Å². The molecule has 0 aromatic heterocycles. The molecule has 4 nitrogen and oxygen atoms in total. The first-order valence-corrected chi connectivity index (χ1v) is 8.31. The van der Waals surface area contributed by atoms with Gasteiger partial charge in [-0.3, -0.25) is 0 Å². The molecule has 0 heterocycles. The van der Waals surface area contributed by atoms with Crippen LogP contribution in [0.1, 0.15) is 42.0 Å². The lowest BCUT2D eigenvalue weighted by Crippen LogP contribution is -2.29. The van der Waals surface area contributed by atoms with Crippen molar-refractivity contribution in [2.24, 2.45) is 0 Å². The van der Waals surface area contributed by atoms with Gasteiger partial charge in [0, 0.05) is 6.04 Å². The van der Waals surface area contributed by atoms with E-state index in [0.29, 0.717) is 6.04 Å². The van der Waals surface area contributed by atoms with E-state index >= 15 is 0 Å². The number of hydrogen-bond acceptors (Lipinski definition) is 2. The summed E-state index contributed by atoms with van der Waals surface area (Å²) in [6.45, 7) is 13.2. The summed E-state index contributed by atoms with van der Waals surface area (Å²) in [5, 5.41) is 5.71. The Morgan fingerprint density at radius 3 is 1.38 bits per heavy atom. The second kappa shape index (κ2) is 10.3. The summed E-state index contributed by atoms with van der Waals surface area (Å²) in [5.41, 5.74) is -0.0117. The summed E-state index contributed by atoms with van der Waals surface area (Å²) in [4.78, 5) is 0. The van der Waals surface area contributed by atoms with Crippen molar-refractivity contribution in [3.8, 4) is 0 Å². The Balaban J connectivity index is -0.000000200. The third kappa shape index (κ3) is 29.2. The van der Waals surface area contributed by atoms with Crippen molar-refractivity contribution >= 4 is 15.9 Å². The Bertz CT molecular complexity index is 213. The highest BCUT2D eigenvalue weighted by atomic mass is 31.1. The molecule has 0 rings (SSSR count). The van der Waals surface area contributed by atoms with E-state index in [1.165, 1.54) is 0 Å². The summed E-state index contributed by atoms with van der Waals surface area (Å²) >= 11 is 0. The zero-order valence-electron chi connectivity index (χ0n) is 10.8. The molecule has 98 valence electrons. The van der Waals surface area contributed by atoms with Gasteiger partial charge in [0.25, 0.3) is 0 Å². The minimum absolute atomic E-state index is 0. The molecule has 0 amide bonds. The molecule has 2 atom stereocenters. The van der Waals surface area contributed by atoms with Gasteiger partial charge < -0.3 is 0 Å². The summed E-state index contributed by atoms with van der Waals surface area (Å²) < 4.78 is 20.8. The number of nitrogens with one attached hydrogen (secondary N) is 2. The van der Waals surface area contributed by atoms with Crippen LogP contribution in [-0.2, 0) is 9.13 Å². The van der Waals surface area contributed by atoms with E-state index in [1.54, 1.807) is 13.3 Å². The molecule has 0 bridgehead atoms. The molecule has 16 heavy (non-hydrogen) atoms. The maximum atomic E-state index is 10.5. The number of rotatable bonds is 3. The van der Waals surface area contributed by atoms with Crippen molar-refractivity contribution in [3.05, 3.63) is 0 Å². The molecule has 0 spiro atoms. The Labute approximate surface area is 103 Å². The van der Waals surface area contributed by atoms with Gasteiger partial charge >= 0.3 is 15.9 Å². The van der Waals surface area contributed by atoms with E-state index in [-0.39, 0.29) is 13.0 Å². The highest BCUT2D eigenvalue weighted by Gasteiger charge is 2.18. The summed E-state index contributed by atoms with van der Waals surface area (Å²) in [6, 6.07) is 0.341. The molecule has 6 heteroatoms. The lowest BCUT2D eigenvalue weighted by molar-refractivity contribution is 0.503. The highest BCUT2D eigenvalue weighted by Crippen LogP contribution is 2.13. The zero-order valence-corrected chi connectivity index (χ0v) is 12.6. The van der Waals surface area contributed by atoms with Gasteiger partial charge in [0.2, 0.25) is 0 Å². The van der Waals surface area contributed by atoms with Crippen LogP contribution in [0.25, 0.3) is 0 Å². The normalized spacial score (nSPS) is 12.2. The standard InChI is InChI=1S/C5H13NOP.C4H11NOP.CH4/c1-5(2,3)6-8(4)7;1-4(2)5-7(3)6;/h1-4H3,(H,6,7);4H,1-3H3,(H,5,6);1H4/q2*+1;. The van der Waals surface area contributed by atoms with Crippen LogP contribution in [0.3, 0.4) is 0 Å². The maximum Gasteiger partial charge on any atom is 0.429 e. The molecule has 0 aromatic rings. The van der Waals surface area contributed by atoms with Crippen molar-refractivity contribution in [1.29, 1.82) is 0 Å². The van der Waals surface area contributed by atoms with E-state index in [4.69, 9.17) is 0 Å². The molecule has 0 aliphatic rings. The molecule has 0 aliphatic heterocycles. The SMILES string of the molecule is C.CC(C)N[P+](C)=O.C[P+](=O)NC(C)(C)C. The Morgan fingerprint density at radius 2 is 1.38 bits per heavy atom. The van der Waals surface area contributed by atoms with E-state index in [9.17, 15) is 9.13 Å². The van der Waals surface area contributed by atoms with E-state index in [2.05, 4.69) is 10.2 Å². The van der Waals surface area contributed by atoms with Crippen molar-refractivity contribution < 1.29 is 9.13 Å². The molecule has 0 aliphatic carbocycles. The van der Waals surface area contributed by atoms with Crippen LogP contribution in [0.2, 0.25) is 0 Å². The molecule has 0 saturated heterocycles. The Hall–Kier alpha value is 0.120. The molecule has 2 N–H and O–H groups in total. The fourth-order valence-corrected chi connectivity index (χ4v) is 2.51. The summed E-state index contributed by atoms with van der Waals surface area (Å²) in [6.07, 6.45) is 0. The first-order valence-electron chi connectivity index (χ1n) is 4.90. The van der Waals surface area contributed by atoms with E-state index in [1.807, 2.05) is 34.6 Å². The van der Waals surface area contributed by atoms with Gasteiger partial charge in [0.1, 0.15) is 0 Å². The third-order valence-electron chi connectivity index (χ3n) is 0.933. The molecular weight excluding hydrogens is 242 g/mol. The topological polar surface area (TPSA) is 58.2 Å². The smallest absolute Gasteiger partial charge is 0.107 e. The van der Waals surface area contributed by atoms with Crippen LogP contribution in [0.4, 0.5) is 0 Å². The summed E-state index contributed by atoms with van der Waals surface area (Å²) in [7, 11) is -2.33. The Morgan fingerprint density at radius 1 is 1.00 bits per heavy atom. The van der Waals surface area contributed by atoms with Crippen molar-refractivity contribution in [3.63, 3.8) is 0 Å². The van der Waals surface area contributed by atoms with E-state index < -0.39 is 15.9 Å². The fourth-order valence-electron chi connectivity index (χ4n) is 0.836. The average molecular weight is 270 g/mol. The highest BCUT2D eigenvalue weighted by molar-refractivity contribution is 7.41. The van der Waals surface area contributed by atoms with Gasteiger partial charge in [-0.1, -0.05) is 16.6 Å². The van der Waals surface area contributed by atoms with Crippen LogP contribution in [0.15, 0.2) is 0 Å². The second-order valence-corrected chi connectivity index (χ2v) is 7.11.